The Hall–Kier alpha value is -2.60. The molecular formula is C17H17ClN2O4. The lowest BCUT2D eigenvalue weighted by atomic mass is 9.87. The Balaban J connectivity index is 2.47. The van der Waals surface area contributed by atoms with Crippen molar-refractivity contribution in [1.82, 2.24) is 0 Å². The van der Waals surface area contributed by atoms with Gasteiger partial charge in [0.05, 0.1) is 4.92 Å². The zero-order valence-corrected chi connectivity index (χ0v) is 14.2. The van der Waals surface area contributed by atoms with E-state index in [2.05, 4.69) is 4.99 Å². The Labute approximate surface area is 144 Å². The highest BCUT2D eigenvalue weighted by atomic mass is 35.5. The molecule has 0 aromatic heterocycles. The maximum atomic E-state index is 10.9. The van der Waals surface area contributed by atoms with Gasteiger partial charge < -0.3 is 10.2 Å². The van der Waals surface area contributed by atoms with Crippen molar-refractivity contribution in [3.8, 4) is 11.5 Å². The molecule has 7 heteroatoms. The fourth-order valence-electron chi connectivity index (χ4n) is 2.08. The number of halogens is 1. The average Bonchev–Trinajstić information content (AvgIpc) is 2.47. The van der Waals surface area contributed by atoms with Crippen LogP contribution in [-0.2, 0) is 5.41 Å². The van der Waals surface area contributed by atoms with E-state index < -0.39 is 16.4 Å². The number of rotatable bonds is 3. The Morgan fingerprint density at radius 2 is 1.88 bits per heavy atom. The maximum absolute atomic E-state index is 10.9. The van der Waals surface area contributed by atoms with Crippen LogP contribution in [0.4, 0.5) is 11.4 Å². The van der Waals surface area contributed by atoms with Crippen molar-refractivity contribution < 1.29 is 15.1 Å². The minimum absolute atomic E-state index is 0.0322. The van der Waals surface area contributed by atoms with Crippen LogP contribution >= 0.6 is 11.6 Å². The smallest absolute Gasteiger partial charge is 0.312 e. The predicted octanol–water partition coefficient (Wildman–Crippen LogP) is 4.71. The molecule has 0 unspecified atom stereocenters. The number of aromatic hydroxyl groups is 2. The lowest BCUT2D eigenvalue weighted by molar-refractivity contribution is -0.385. The van der Waals surface area contributed by atoms with Crippen LogP contribution in [0.5, 0.6) is 11.5 Å². The Morgan fingerprint density at radius 3 is 2.46 bits per heavy atom. The SMILES string of the molecule is CC(C)(C)c1ccc(O)c(N=Cc2cc(Cl)cc([N+](=O)[O-])c2O)c1. The number of hydrogen-bond acceptors (Lipinski definition) is 5. The maximum Gasteiger partial charge on any atom is 0.312 e. The van der Waals surface area contributed by atoms with Crippen molar-refractivity contribution >= 4 is 29.2 Å². The molecule has 0 aliphatic heterocycles. The lowest BCUT2D eigenvalue weighted by Gasteiger charge is -2.19. The van der Waals surface area contributed by atoms with Crippen molar-refractivity contribution in [3.63, 3.8) is 0 Å². The molecule has 0 spiro atoms. The van der Waals surface area contributed by atoms with Gasteiger partial charge in [-0.25, -0.2) is 0 Å². The fourth-order valence-corrected chi connectivity index (χ4v) is 2.30. The van der Waals surface area contributed by atoms with Crippen LogP contribution in [0.3, 0.4) is 0 Å². The van der Waals surface area contributed by atoms with Gasteiger partial charge in [-0.15, -0.1) is 0 Å². The van der Waals surface area contributed by atoms with E-state index in [1.54, 1.807) is 12.1 Å². The first-order valence-corrected chi connectivity index (χ1v) is 7.52. The average molecular weight is 349 g/mol. The predicted molar refractivity (Wildman–Crippen MR) is 93.8 cm³/mol. The first-order chi connectivity index (χ1) is 11.1. The molecule has 2 rings (SSSR count). The van der Waals surface area contributed by atoms with Crippen molar-refractivity contribution in [3.05, 3.63) is 56.6 Å². The summed E-state index contributed by atoms with van der Waals surface area (Å²) in [7, 11) is 0. The van der Waals surface area contributed by atoms with Gasteiger partial charge in [0.25, 0.3) is 0 Å². The van der Waals surface area contributed by atoms with Crippen molar-refractivity contribution in [2.75, 3.05) is 0 Å². The number of aliphatic imine (C=N–C) groups is 1. The molecule has 0 aliphatic carbocycles. The summed E-state index contributed by atoms with van der Waals surface area (Å²) in [5.74, 6) is -0.560. The molecule has 2 aromatic rings. The van der Waals surface area contributed by atoms with Crippen molar-refractivity contribution in [2.24, 2.45) is 4.99 Å². The standard InChI is InChI=1S/C17H17ClN2O4/c1-17(2,3)11-4-5-15(21)13(7-11)19-9-10-6-12(18)8-14(16(10)22)20(23)24/h4-9,21-22H,1-3H3. The first kappa shape index (κ1) is 17.7. The van der Waals surface area contributed by atoms with Gasteiger partial charge in [0.2, 0.25) is 5.75 Å². The molecule has 0 heterocycles. The number of phenolic OH excluding ortho intramolecular Hbond substituents is 2. The molecule has 6 nitrogen and oxygen atoms in total. The molecule has 24 heavy (non-hydrogen) atoms. The zero-order chi connectivity index (χ0) is 18.1. The van der Waals surface area contributed by atoms with Gasteiger partial charge in [-0.1, -0.05) is 38.4 Å². The second-order valence-corrected chi connectivity index (χ2v) is 6.77. The number of phenols is 2. The molecule has 2 aromatic carbocycles. The number of nitro groups is 1. The third kappa shape index (κ3) is 3.83. The summed E-state index contributed by atoms with van der Waals surface area (Å²) in [5.41, 5.74) is 0.721. The molecule has 0 atom stereocenters. The molecule has 0 saturated carbocycles. The highest BCUT2D eigenvalue weighted by Crippen LogP contribution is 2.35. The molecule has 0 aliphatic rings. The van der Waals surface area contributed by atoms with E-state index >= 15 is 0 Å². The van der Waals surface area contributed by atoms with Crippen LogP contribution in [-0.4, -0.2) is 21.4 Å². The number of hydrogen-bond donors (Lipinski definition) is 2. The molecule has 0 radical (unpaired) electrons. The van der Waals surface area contributed by atoms with Gasteiger partial charge in [-0.2, -0.15) is 0 Å². The molecule has 0 saturated heterocycles. The molecular weight excluding hydrogens is 332 g/mol. The minimum Gasteiger partial charge on any atom is -0.506 e. The Bertz CT molecular complexity index is 826. The third-order valence-corrected chi connectivity index (χ3v) is 3.68. The van der Waals surface area contributed by atoms with E-state index in [0.717, 1.165) is 11.6 Å². The van der Waals surface area contributed by atoms with Crippen molar-refractivity contribution in [1.29, 1.82) is 0 Å². The largest absolute Gasteiger partial charge is 0.506 e. The van der Waals surface area contributed by atoms with Crippen LogP contribution in [0, 0.1) is 10.1 Å². The Kier molecular flexibility index (Phi) is 4.80. The van der Waals surface area contributed by atoms with Gasteiger partial charge in [-0.3, -0.25) is 15.1 Å². The lowest BCUT2D eigenvalue weighted by Crippen LogP contribution is -2.10. The number of benzene rings is 2. The summed E-state index contributed by atoms with van der Waals surface area (Å²) in [6.45, 7) is 6.08. The molecule has 0 fully saturated rings. The van der Waals surface area contributed by atoms with Crippen LogP contribution in [0.1, 0.15) is 31.9 Å². The molecule has 0 amide bonds. The summed E-state index contributed by atoms with van der Waals surface area (Å²) >= 11 is 5.84. The fraction of sp³-hybridized carbons (Fsp3) is 0.235. The zero-order valence-electron chi connectivity index (χ0n) is 13.4. The third-order valence-electron chi connectivity index (χ3n) is 3.46. The molecule has 0 bridgehead atoms. The summed E-state index contributed by atoms with van der Waals surface area (Å²) < 4.78 is 0. The summed E-state index contributed by atoms with van der Waals surface area (Å²) in [6, 6.07) is 7.48. The van der Waals surface area contributed by atoms with E-state index in [0.29, 0.717) is 5.69 Å². The quantitative estimate of drug-likeness (QED) is 0.477. The summed E-state index contributed by atoms with van der Waals surface area (Å²) in [5, 5.41) is 30.9. The highest BCUT2D eigenvalue weighted by molar-refractivity contribution is 6.31. The van der Waals surface area contributed by atoms with Gasteiger partial charge in [-0.05, 0) is 29.2 Å². The van der Waals surface area contributed by atoms with Crippen molar-refractivity contribution in [2.45, 2.75) is 26.2 Å². The molecule has 2 N–H and O–H groups in total. The second-order valence-electron chi connectivity index (χ2n) is 6.33. The normalized spacial score (nSPS) is 11.8. The number of nitrogens with zero attached hydrogens (tertiary/aromatic N) is 2. The highest BCUT2D eigenvalue weighted by Gasteiger charge is 2.18. The first-order valence-electron chi connectivity index (χ1n) is 7.14. The van der Waals surface area contributed by atoms with Crippen LogP contribution in [0.25, 0.3) is 0 Å². The van der Waals surface area contributed by atoms with E-state index in [-0.39, 0.29) is 21.8 Å². The van der Waals surface area contributed by atoms with Gasteiger partial charge in [0.1, 0.15) is 11.4 Å². The van der Waals surface area contributed by atoms with Crippen LogP contribution in [0.2, 0.25) is 5.02 Å². The topological polar surface area (TPSA) is 96.0 Å². The van der Waals surface area contributed by atoms with Crippen LogP contribution < -0.4 is 0 Å². The Morgan fingerprint density at radius 1 is 1.21 bits per heavy atom. The van der Waals surface area contributed by atoms with E-state index in [9.17, 15) is 20.3 Å². The van der Waals surface area contributed by atoms with E-state index in [4.69, 9.17) is 11.6 Å². The summed E-state index contributed by atoms with van der Waals surface area (Å²) in [6.07, 6.45) is 1.23. The summed E-state index contributed by atoms with van der Waals surface area (Å²) in [4.78, 5) is 14.3. The van der Waals surface area contributed by atoms with Crippen LogP contribution in [0.15, 0.2) is 35.3 Å². The van der Waals surface area contributed by atoms with E-state index in [1.165, 1.54) is 18.3 Å². The number of nitro benzene ring substituents is 1. The molecule has 126 valence electrons. The van der Waals surface area contributed by atoms with Gasteiger partial charge in [0, 0.05) is 22.9 Å². The second kappa shape index (κ2) is 6.49. The van der Waals surface area contributed by atoms with E-state index in [1.807, 2.05) is 20.8 Å². The van der Waals surface area contributed by atoms with Gasteiger partial charge >= 0.3 is 5.69 Å². The minimum atomic E-state index is -0.726. The van der Waals surface area contributed by atoms with Gasteiger partial charge in [0.15, 0.2) is 0 Å². The monoisotopic (exact) mass is 348 g/mol.